The van der Waals surface area contributed by atoms with E-state index in [0.29, 0.717) is 6.42 Å². The van der Waals surface area contributed by atoms with Crippen LogP contribution in [0.1, 0.15) is 13.3 Å². The third-order valence-electron chi connectivity index (χ3n) is 3.82. The monoisotopic (exact) mass is 291 g/mol. The molecule has 0 aliphatic carbocycles. The second-order valence-electron chi connectivity index (χ2n) is 5.14. The van der Waals surface area contributed by atoms with Crippen molar-refractivity contribution in [2.24, 2.45) is 0 Å². The first-order chi connectivity index (χ1) is 10.3. The van der Waals surface area contributed by atoms with Gasteiger partial charge >= 0.3 is 0 Å². The van der Waals surface area contributed by atoms with Crippen LogP contribution < -0.4 is 15.0 Å². The highest BCUT2D eigenvalue weighted by Gasteiger charge is 2.22. The Balaban J connectivity index is 1.87. The van der Waals surface area contributed by atoms with Gasteiger partial charge in [0, 0.05) is 39.1 Å². The van der Waals surface area contributed by atoms with Crippen molar-refractivity contribution in [2.45, 2.75) is 13.3 Å². The molecule has 0 saturated carbocycles. The molecule has 5 nitrogen and oxygen atoms in total. The summed E-state index contributed by atoms with van der Waals surface area (Å²) in [6.45, 7) is 7.00. The number of ether oxygens (including phenoxy) is 1. The molecule has 1 aromatic rings. The maximum Gasteiger partial charge on any atom is 0.223 e. The molecule has 2 rings (SSSR count). The highest BCUT2D eigenvalue weighted by molar-refractivity contribution is 5.76. The number of benzene rings is 1. The predicted octanol–water partition coefficient (Wildman–Crippen LogP) is 1.34. The minimum atomic E-state index is 0.246. The van der Waals surface area contributed by atoms with E-state index in [0.717, 1.165) is 50.7 Å². The second kappa shape index (κ2) is 7.88. The van der Waals surface area contributed by atoms with Crippen molar-refractivity contribution in [2.75, 3.05) is 51.3 Å². The molecule has 0 spiro atoms. The van der Waals surface area contributed by atoms with Crippen LogP contribution in [0.2, 0.25) is 0 Å². The van der Waals surface area contributed by atoms with Crippen molar-refractivity contribution in [3.8, 4) is 5.75 Å². The molecule has 1 fully saturated rings. The largest absolute Gasteiger partial charge is 0.495 e. The standard InChI is InChI=1S/C16H25N3O2/c1-3-17-9-8-16(20)19-12-10-18(11-13-19)14-6-4-5-7-15(14)21-2/h4-7,17H,3,8-13H2,1-2H3. The Morgan fingerprint density at radius 2 is 1.95 bits per heavy atom. The highest BCUT2D eigenvalue weighted by Crippen LogP contribution is 2.28. The van der Waals surface area contributed by atoms with Gasteiger partial charge in [0.1, 0.15) is 5.75 Å². The minimum Gasteiger partial charge on any atom is -0.495 e. The number of nitrogens with zero attached hydrogens (tertiary/aromatic N) is 2. The van der Waals surface area contributed by atoms with Gasteiger partial charge in [-0.3, -0.25) is 4.79 Å². The van der Waals surface area contributed by atoms with Crippen molar-refractivity contribution in [1.29, 1.82) is 0 Å². The third kappa shape index (κ3) is 4.11. The summed E-state index contributed by atoms with van der Waals surface area (Å²) in [5.41, 5.74) is 1.11. The fourth-order valence-corrected chi connectivity index (χ4v) is 2.62. The maximum atomic E-state index is 12.1. The van der Waals surface area contributed by atoms with E-state index in [-0.39, 0.29) is 5.91 Å². The van der Waals surface area contributed by atoms with E-state index in [1.807, 2.05) is 23.1 Å². The fraction of sp³-hybridized carbons (Fsp3) is 0.562. The van der Waals surface area contributed by atoms with E-state index in [9.17, 15) is 4.79 Å². The van der Waals surface area contributed by atoms with Gasteiger partial charge in [-0.25, -0.2) is 0 Å². The Kier molecular flexibility index (Phi) is 5.87. The smallest absolute Gasteiger partial charge is 0.223 e. The van der Waals surface area contributed by atoms with Crippen LogP contribution in [0.15, 0.2) is 24.3 Å². The number of carbonyl (C=O) groups excluding carboxylic acids is 1. The molecular weight excluding hydrogens is 266 g/mol. The number of hydrogen-bond donors (Lipinski definition) is 1. The lowest BCUT2D eigenvalue weighted by atomic mass is 10.2. The van der Waals surface area contributed by atoms with Gasteiger partial charge in [-0.05, 0) is 18.7 Å². The SMILES string of the molecule is CCNCCC(=O)N1CCN(c2ccccc2OC)CC1. The van der Waals surface area contributed by atoms with Gasteiger partial charge in [-0.2, -0.15) is 0 Å². The number of para-hydroxylation sites is 2. The minimum absolute atomic E-state index is 0.246. The summed E-state index contributed by atoms with van der Waals surface area (Å²) < 4.78 is 5.41. The molecule has 0 radical (unpaired) electrons. The molecular formula is C16H25N3O2. The zero-order valence-electron chi connectivity index (χ0n) is 13.0. The first kappa shape index (κ1) is 15.6. The molecule has 0 aromatic heterocycles. The number of methoxy groups -OCH3 is 1. The number of piperazine rings is 1. The van der Waals surface area contributed by atoms with Crippen LogP contribution in [0.25, 0.3) is 0 Å². The van der Waals surface area contributed by atoms with Crippen LogP contribution in [0.3, 0.4) is 0 Å². The van der Waals surface area contributed by atoms with Gasteiger partial charge in [0.15, 0.2) is 0 Å². The molecule has 1 aliphatic heterocycles. The summed E-state index contributed by atoms with van der Waals surface area (Å²) in [6, 6.07) is 8.04. The van der Waals surface area contributed by atoms with Crippen LogP contribution in [0.5, 0.6) is 5.75 Å². The van der Waals surface area contributed by atoms with Crippen molar-refractivity contribution < 1.29 is 9.53 Å². The summed E-state index contributed by atoms with van der Waals surface area (Å²) >= 11 is 0. The molecule has 1 N–H and O–H groups in total. The Hall–Kier alpha value is -1.75. The molecule has 1 saturated heterocycles. The van der Waals surface area contributed by atoms with Crippen LogP contribution in [-0.4, -0.2) is 57.2 Å². The molecule has 0 atom stereocenters. The van der Waals surface area contributed by atoms with Gasteiger partial charge in [0.25, 0.3) is 0 Å². The quantitative estimate of drug-likeness (QED) is 0.804. The van der Waals surface area contributed by atoms with Crippen molar-refractivity contribution in [3.63, 3.8) is 0 Å². The molecule has 1 amide bonds. The average Bonchev–Trinajstić information content (AvgIpc) is 2.55. The van der Waals surface area contributed by atoms with E-state index >= 15 is 0 Å². The average molecular weight is 291 g/mol. The van der Waals surface area contributed by atoms with Crippen LogP contribution in [0, 0.1) is 0 Å². The topological polar surface area (TPSA) is 44.8 Å². The lowest BCUT2D eigenvalue weighted by Crippen LogP contribution is -2.49. The molecule has 1 aromatic carbocycles. The number of anilines is 1. The van der Waals surface area contributed by atoms with Gasteiger partial charge in [0.05, 0.1) is 12.8 Å². The zero-order chi connectivity index (χ0) is 15.1. The lowest BCUT2D eigenvalue weighted by Gasteiger charge is -2.36. The molecule has 1 heterocycles. The van der Waals surface area contributed by atoms with E-state index < -0.39 is 0 Å². The van der Waals surface area contributed by atoms with Gasteiger partial charge in [-0.15, -0.1) is 0 Å². The molecule has 5 heteroatoms. The number of nitrogens with one attached hydrogen (secondary N) is 1. The third-order valence-corrected chi connectivity index (χ3v) is 3.82. The summed E-state index contributed by atoms with van der Waals surface area (Å²) in [6.07, 6.45) is 0.586. The van der Waals surface area contributed by atoms with E-state index in [2.05, 4.69) is 23.2 Å². The molecule has 21 heavy (non-hydrogen) atoms. The van der Waals surface area contributed by atoms with Crippen LogP contribution >= 0.6 is 0 Å². The van der Waals surface area contributed by atoms with E-state index in [1.165, 1.54) is 0 Å². The van der Waals surface area contributed by atoms with Gasteiger partial charge < -0.3 is 19.9 Å². The van der Waals surface area contributed by atoms with Crippen molar-refractivity contribution >= 4 is 11.6 Å². The summed E-state index contributed by atoms with van der Waals surface area (Å²) in [4.78, 5) is 16.3. The second-order valence-corrected chi connectivity index (χ2v) is 5.14. The van der Waals surface area contributed by atoms with E-state index in [1.54, 1.807) is 7.11 Å². The predicted molar refractivity (Wildman–Crippen MR) is 84.9 cm³/mol. The Labute approximate surface area is 126 Å². The normalized spacial score (nSPS) is 15.1. The fourth-order valence-electron chi connectivity index (χ4n) is 2.62. The molecule has 0 bridgehead atoms. The van der Waals surface area contributed by atoms with Crippen LogP contribution in [-0.2, 0) is 4.79 Å². The first-order valence-electron chi connectivity index (χ1n) is 7.62. The van der Waals surface area contributed by atoms with E-state index in [4.69, 9.17) is 4.74 Å². The van der Waals surface area contributed by atoms with Crippen molar-refractivity contribution in [3.05, 3.63) is 24.3 Å². The molecule has 1 aliphatic rings. The Morgan fingerprint density at radius 1 is 1.24 bits per heavy atom. The number of hydrogen-bond acceptors (Lipinski definition) is 4. The summed E-state index contributed by atoms with van der Waals surface area (Å²) in [5.74, 6) is 1.14. The van der Waals surface area contributed by atoms with Crippen LogP contribution in [0.4, 0.5) is 5.69 Å². The maximum absolute atomic E-state index is 12.1. The lowest BCUT2D eigenvalue weighted by molar-refractivity contribution is -0.131. The highest BCUT2D eigenvalue weighted by atomic mass is 16.5. The summed E-state index contributed by atoms with van der Waals surface area (Å²) in [7, 11) is 1.69. The number of rotatable bonds is 6. The van der Waals surface area contributed by atoms with Gasteiger partial charge in [0.2, 0.25) is 5.91 Å². The number of amides is 1. The first-order valence-corrected chi connectivity index (χ1v) is 7.62. The molecule has 0 unspecified atom stereocenters. The Bertz CT molecular complexity index is 457. The Morgan fingerprint density at radius 3 is 2.62 bits per heavy atom. The summed E-state index contributed by atoms with van der Waals surface area (Å²) in [5, 5.41) is 3.19. The van der Waals surface area contributed by atoms with Crippen molar-refractivity contribution in [1.82, 2.24) is 10.2 Å². The zero-order valence-corrected chi connectivity index (χ0v) is 13.0. The number of carbonyl (C=O) groups is 1. The molecule has 116 valence electrons. The van der Waals surface area contributed by atoms with Gasteiger partial charge in [-0.1, -0.05) is 19.1 Å².